The second-order valence-electron chi connectivity index (χ2n) is 9.25. The number of carbonyl (C=O) groups is 2. The van der Waals surface area contributed by atoms with Gasteiger partial charge in [0.2, 0.25) is 5.91 Å². The molecule has 0 radical (unpaired) electrons. The summed E-state index contributed by atoms with van der Waals surface area (Å²) >= 11 is 3.42. The Morgan fingerprint density at radius 2 is 2.09 bits per heavy atom. The van der Waals surface area contributed by atoms with Crippen LogP contribution >= 0.6 is 15.9 Å². The second kappa shape index (κ2) is 9.10. The number of aromatic nitrogens is 1. The smallest absolute Gasteiger partial charge is 0.277 e. The van der Waals surface area contributed by atoms with E-state index < -0.39 is 23.6 Å². The van der Waals surface area contributed by atoms with Gasteiger partial charge in [0.05, 0.1) is 19.9 Å². The third-order valence-corrected chi connectivity index (χ3v) is 7.03. The highest BCUT2D eigenvalue weighted by Crippen LogP contribution is 2.33. The van der Waals surface area contributed by atoms with Gasteiger partial charge in [0, 0.05) is 23.0 Å². The number of likely N-dealkylation sites (tertiary alicyclic amines) is 1. The Morgan fingerprint density at radius 3 is 2.70 bits per heavy atom. The van der Waals surface area contributed by atoms with Crippen molar-refractivity contribution in [3.05, 3.63) is 46.1 Å². The van der Waals surface area contributed by atoms with Crippen molar-refractivity contribution in [2.45, 2.75) is 50.8 Å². The number of amides is 2. The summed E-state index contributed by atoms with van der Waals surface area (Å²) in [6.07, 6.45) is -0.394. The summed E-state index contributed by atoms with van der Waals surface area (Å²) in [6, 6.07) is 8.77. The van der Waals surface area contributed by atoms with Crippen LogP contribution in [0.3, 0.4) is 0 Å². The summed E-state index contributed by atoms with van der Waals surface area (Å²) in [5.41, 5.74) is 0.537. The van der Waals surface area contributed by atoms with Crippen LogP contribution in [0.1, 0.15) is 44.4 Å². The van der Waals surface area contributed by atoms with Gasteiger partial charge in [-0.25, -0.2) is 0 Å². The van der Waals surface area contributed by atoms with Crippen molar-refractivity contribution in [1.29, 1.82) is 0 Å². The Bertz CT molecular complexity index is 1090. The topological polar surface area (TPSA) is 108 Å². The van der Waals surface area contributed by atoms with Crippen molar-refractivity contribution in [3.8, 4) is 0 Å². The number of amidine groups is 1. The first kappa shape index (κ1) is 23.8. The number of nitrogens with one attached hydrogen (secondary N) is 1. The van der Waals surface area contributed by atoms with Gasteiger partial charge in [0.1, 0.15) is 30.2 Å². The Labute approximate surface area is 202 Å². The van der Waals surface area contributed by atoms with E-state index >= 15 is 0 Å². The first-order valence-electron chi connectivity index (χ1n) is 11.2. The van der Waals surface area contributed by atoms with Crippen LogP contribution in [0.5, 0.6) is 0 Å². The van der Waals surface area contributed by atoms with Crippen molar-refractivity contribution < 1.29 is 19.2 Å². The standard InChI is InChI=1S/C22H27B2BrN4O4/c1-11(2)18(16-9-17(24-23)28-33-16)20(31)29-10-14(30)8-15(29)19-26-21(32)22(3,27-19)12-4-6-13(25)7-5-12/h4-7,9,11,14-15,18,24,30H,8,10,23H2,1-3H3,(H,26,27,32)/t14-,15?,18?,22+/m1/s1. The van der Waals surface area contributed by atoms with Gasteiger partial charge in [-0.1, -0.05) is 47.1 Å². The third kappa shape index (κ3) is 4.40. The molecule has 0 saturated carbocycles. The maximum absolute atomic E-state index is 13.7. The molecule has 8 nitrogen and oxygen atoms in total. The summed E-state index contributed by atoms with van der Waals surface area (Å²) in [7, 11) is 2.69. The zero-order chi connectivity index (χ0) is 23.9. The molecule has 2 aliphatic heterocycles. The zero-order valence-electron chi connectivity index (χ0n) is 19.2. The third-order valence-electron chi connectivity index (χ3n) is 6.51. The molecule has 4 atom stereocenters. The lowest BCUT2D eigenvalue weighted by molar-refractivity contribution is -0.134. The lowest BCUT2D eigenvalue weighted by Crippen LogP contribution is -2.51. The van der Waals surface area contributed by atoms with Crippen molar-refractivity contribution in [2.75, 3.05) is 6.54 Å². The molecule has 1 saturated heterocycles. The minimum atomic E-state index is -1.03. The molecule has 11 heteroatoms. The highest BCUT2D eigenvalue weighted by Gasteiger charge is 2.48. The Morgan fingerprint density at radius 1 is 1.39 bits per heavy atom. The van der Waals surface area contributed by atoms with Crippen LogP contribution in [-0.2, 0) is 15.1 Å². The number of aliphatic imine (C=N–C) groups is 1. The number of aliphatic hydroxyl groups excluding tert-OH is 1. The molecular formula is C22H27B2BrN4O4. The van der Waals surface area contributed by atoms with Crippen molar-refractivity contribution in [2.24, 2.45) is 10.9 Å². The fourth-order valence-corrected chi connectivity index (χ4v) is 4.83. The maximum Gasteiger partial charge on any atom is 0.277 e. The van der Waals surface area contributed by atoms with E-state index in [2.05, 4.69) is 31.4 Å². The monoisotopic (exact) mass is 512 g/mol. The van der Waals surface area contributed by atoms with Gasteiger partial charge >= 0.3 is 0 Å². The fraction of sp³-hybridized carbons (Fsp3) is 0.455. The SMILES string of the molecule is BBc1cc(C(C(=O)N2C[C@H](O)CC2C2=NC(=O)[C@](C)(c3ccc(Br)cc3)N2)C(C)C)on1. The van der Waals surface area contributed by atoms with Gasteiger partial charge in [-0.3, -0.25) is 9.59 Å². The van der Waals surface area contributed by atoms with Crippen molar-refractivity contribution >= 4 is 54.1 Å². The van der Waals surface area contributed by atoms with Gasteiger partial charge in [-0.2, -0.15) is 4.99 Å². The van der Waals surface area contributed by atoms with E-state index in [1.807, 2.05) is 51.9 Å². The minimum absolute atomic E-state index is 0.0401. The van der Waals surface area contributed by atoms with Crippen LogP contribution in [0.15, 0.2) is 44.3 Å². The lowest BCUT2D eigenvalue weighted by atomic mass is 9.53. The molecule has 0 bridgehead atoms. The van der Waals surface area contributed by atoms with Crippen LogP contribution < -0.4 is 10.9 Å². The average molecular weight is 513 g/mol. The number of halogens is 1. The van der Waals surface area contributed by atoms with E-state index in [1.54, 1.807) is 11.8 Å². The van der Waals surface area contributed by atoms with E-state index in [1.165, 1.54) is 0 Å². The number of aliphatic hydroxyl groups is 1. The van der Waals surface area contributed by atoms with Gasteiger partial charge in [0.25, 0.3) is 5.91 Å². The van der Waals surface area contributed by atoms with Crippen LogP contribution in [0.4, 0.5) is 0 Å². The molecule has 1 aromatic carbocycles. The number of benzene rings is 1. The number of nitrogens with zero attached hydrogens (tertiary/aromatic N) is 3. The molecule has 2 aromatic rings. The quantitative estimate of drug-likeness (QED) is 0.535. The Hall–Kier alpha value is -2.39. The van der Waals surface area contributed by atoms with E-state index in [0.29, 0.717) is 25.2 Å². The van der Waals surface area contributed by atoms with Gasteiger partial charge in [0.15, 0.2) is 0 Å². The highest BCUT2D eigenvalue weighted by atomic mass is 79.9. The number of carbonyl (C=O) groups excluding carboxylic acids is 2. The van der Waals surface area contributed by atoms with Gasteiger partial charge in [-0.15, -0.1) is 0 Å². The summed E-state index contributed by atoms with van der Waals surface area (Å²) in [6.45, 7) is 5.87. The molecule has 33 heavy (non-hydrogen) atoms. The lowest BCUT2D eigenvalue weighted by Gasteiger charge is -2.31. The molecule has 1 fully saturated rings. The zero-order valence-corrected chi connectivity index (χ0v) is 20.8. The van der Waals surface area contributed by atoms with Crippen LogP contribution in [-0.4, -0.2) is 66.4 Å². The first-order chi connectivity index (χ1) is 15.6. The summed E-state index contributed by atoms with van der Waals surface area (Å²) in [4.78, 5) is 32.6. The Kier molecular flexibility index (Phi) is 6.55. The maximum atomic E-state index is 13.7. The van der Waals surface area contributed by atoms with Crippen LogP contribution in [0.2, 0.25) is 0 Å². The predicted molar refractivity (Wildman–Crippen MR) is 133 cm³/mol. The fourth-order valence-electron chi connectivity index (χ4n) is 4.57. The molecule has 2 amide bonds. The predicted octanol–water partition coefficient (Wildman–Crippen LogP) is 0.192. The molecule has 3 heterocycles. The average Bonchev–Trinajstić information content (AvgIpc) is 3.46. The molecule has 172 valence electrons. The number of hydrogen-bond acceptors (Lipinski definition) is 6. The van der Waals surface area contributed by atoms with Gasteiger partial charge < -0.3 is 19.8 Å². The molecule has 2 unspecified atom stereocenters. The molecule has 0 spiro atoms. The highest BCUT2D eigenvalue weighted by molar-refractivity contribution is 9.10. The molecular weight excluding hydrogens is 486 g/mol. The summed E-state index contributed by atoms with van der Waals surface area (Å²) < 4.78 is 6.41. The van der Waals surface area contributed by atoms with Crippen molar-refractivity contribution in [3.63, 3.8) is 0 Å². The van der Waals surface area contributed by atoms with E-state index in [9.17, 15) is 14.7 Å². The van der Waals surface area contributed by atoms with E-state index in [-0.39, 0.29) is 24.3 Å². The summed E-state index contributed by atoms with van der Waals surface area (Å²) in [5.74, 6) is -0.145. The summed E-state index contributed by atoms with van der Waals surface area (Å²) in [5, 5.41) is 17.8. The molecule has 2 N–H and O–H groups in total. The molecule has 4 rings (SSSR count). The van der Waals surface area contributed by atoms with Crippen LogP contribution in [0.25, 0.3) is 0 Å². The molecule has 0 aliphatic carbocycles. The normalized spacial score (nSPS) is 25.8. The molecule has 2 aliphatic rings. The van der Waals surface area contributed by atoms with E-state index in [0.717, 1.165) is 15.6 Å². The minimum Gasteiger partial charge on any atom is -0.391 e. The van der Waals surface area contributed by atoms with Crippen LogP contribution in [0, 0.1) is 5.92 Å². The number of hydrogen-bond donors (Lipinski definition) is 2. The number of rotatable bonds is 6. The second-order valence-corrected chi connectivity index (χ2v) is 10.2. The molecule has 1 aromatic heterocycles. The number of β-amino-alcohol motifs (C(OH)–C–C–N with tert-alkyl or cyclic N) is 1. The Balaban J connectivity index is 1.61. The first-order valence-corrected chi connectivity index (χ1v) is 12.0. The largest absolute Gasteiger partial charge is 0.391 e. The van der Waals surface area contributed by atoms with Gasteiger partial charge in [-0.05, 0) is 36.6 Å². The van der Waals surface area contributed by atoms with Crippen molar-refractivity contribution in [1.82, 2.24) is 15.4 Å². The van der Waals surface area contributed by atoms with E-state index in [4.69, 9.17) is 4.52 Å².